The van der Waals surface area contributed by atoms with Gasteiger partial charge in [0.1, 0.15) is 6.29 Å². The average molecular weight is 211 g/mol. The maximum absolute atomic E-state index is 11.1. The third-order valence-electron chi connectivity index (χ3n) is 4.64. The van der Waals surface area contributed by atoms with E-state index in [9.17, 15) is 4.79 Å². The first kappa shape index (κ1) is 11.1. The Morgan fingerprint density at radius 2 is 1.73 bits per heavy atom. The Hall–Kier alpha value is -0.410. The summed E-state index contributed by atoms with van der Waals surface area (Å²) in [7, 11) is 1.00. The summed E-state index contributed by atoms with van der Waals surface area (Å²) in [6.45, 7) is 0. The lowest BCUT2D eigenvalue weighted by atomic mass is 9.48. The zero-order valence-electron chi connectivity index (χ0n) is 9.36. The molecule has 4 aliphatic carbocycles. The van der Waals surface area contributed by atoms with Crippen molar-refractivity contribution in [3.05, 3.63) is 0 Å². The fourth-order valence-corrected chi connectivity index (χ4v) is 4.27. The van der Waals surface area contributed by atoms with Crippen molar-refractivity contribution in [3.8, 4) is 0 Å². The maximum Gasteiger partial charge on any atom is 0.126 e. The Bertz CT molecular complexity index is 238. The van der Waals surface area contributed by atoms with E-state index in [-0.39, 0.29) is 5.41 Å². The Labute approximate surface area is 91.0 Å². The molecule has 4 bridgehead atoms. The van der Waals surface area contributed by atoms with Crippen LogP contribution in [0.2, 0.25) is 0 Å². The molecule has 4 saturated carbocycles. The van der Waals surface area contributed by atoms with Crippen LogP contribution in [0.15, 0.2) is 0 Å². The molecule has 4 fully saturated rings. The van der Waals surface area contributed by atoms with Crippen molar-refractivity contribution in [2.75, 3.05) is 7.11 Å². The Kier molecular flexibility index (Phi) is 2.86. The molecule has 3 heteroatoms. The highest BCUT2D eigenvalue weighted by molar-refractivity contribution is 5.60. The number of nitrogens with two attached hydrogens (primary N) is 1. The average Bonchev–Trinajstić information content (AvgIpc) is 2.27. The van der Waals surface area contributed by atoms with Gasteiger partial charge in [0, 0.05) is 18.6 Å². The SMILES string of the molecule is CO.NC1C2CC3CC1CC(C=O)(C3)C2. The normalized spacial score (nSPS) is 50.9. The molecule has 0 aromatic carbocycles. The molecular formula is C12H21NO2. The van der Waals surface area contributed by atoms with Crippen LogP contribution in [0.5, 0.6) is 0 Å². The van der Waals surface area contributed by atoms with Crippen molar-refractivity contribution in [1.29, 1.82) is 0 Å². The Morgan fingerprint density at radius 1 is 1.20 bits per heavy atom. The Balaban J connectivity index is 0.000000404. The van der Waals surface area contributed by atoms with Crippen LogP contribution in [0.3, 0.4) is 0 Å². The highest BCUT2D eigenvalue weighted by atomic mass is 16.2. The molecule has 2 unspecified atom stereocenters. The number of aldehydes is 1. The number of carbonyl (C=O) groups is 1. The van der Waals surface area contributed by atoms with Crippen LogP contribution in [0, 0.1) is 23.2 Å². The molecular weight excluding hydrogens is 190 g/mol. The second-order valence-electron chi connectivity index (χ2n) is 5.53. The largest absolute Gasteiger partial charge is 0.400 e. The van der Waals surface area contributed by atoms with Gasteiger partial charge in [-0.3, -0.25) is 0 Å². The number of carbonyl (C=O) groups excluding carboxylic acids is 1. The van der Waals surface area contributed by atoms with E-state index in [1.807, 2.05) is 0 Å². The van der Waals surface area contributed by atoms with E-state index in [1.165, 1.54) is 19.1 Å². The number of hydrogen-bond acceptors (Lipinski definition) is 3. The molecule has 0 saturated heterocycles. The van der Waals surface area contributed by atoms with Crippen LogP contribution >= 0.6 is 0 Å². The third-order valence-corrected chi connectivity index (χ3v) is 4.64. The van der Waals surface area contributed by atoms with E-state index in [2.05, 4.69) is 0 Å². The van der Waals surface area contributed by atoms with Gasteiger partial charge in [0.25, 0.3) is 0 Å². The summed E-state index contributed by atoms with van der Waals surface area (Å²) in [5.74, 6) is 2.15. The lowest BCUT2D eigenvalue weighted by Crippen LogP contribution is -2.57. The van der Waals surface area contributed by atoms with Crippen molar-refractivity contribution in [3.63, 3.8) is 0 Å². The molecule has 4 rings (SSSR count). The van der Waals surface area contributed by atoms with Crippen LogP contribution in [0.1, 0.15) is 32.1 Å². The van der Waals surface area contributed by atoms with E-state index in [0.717, 1.165) is 32.3 Å². The number of hydrogen-bond donors (Lipinski definition) is 2. The smallest absolute Gasteiger partial charge is 0.126 e. The molecule has 0 heterocycles. The molecule has 15 heavy (non-hydrogen) atoms. The lowest BCUT2D eigenvalue weighted by Gasteiger charge is -2.57. The third kappa shape index (κ3) is 1.62. The maximum atomic E-state index is 11.1. The first-order valence-corrected chi connectivity index (χ1v) is 5.89. The fraction of sp³-hybridized carbons (Fsp3) is 0.917. The van der Waals surface area contributed by atoms with Gasteiger partial charge in [-0.05, 0) is 49.9 Å². The predicted molar refractivity (Wildman–Crippen MR) is 58.2 cm³/mol. The van der Waals surface area contributed by atoms with Gasteiger partial charge >= 0.3 is 0 Å². The van der Waals surface area contributed by atoms with Gasteiger partial charge in [-0.25, -0.2) is 0 Å². The van der Waals surface area contributed by atoms with Crippen LogP contribution < -0.4 is 5.73 Å². The molecule has 4 aliphatic rings. The fourth-order valence-electron chi connectivity index (χ4n) is 4.27. The zero-order chi connectivity index (χ0) is 11.1. The zero-order valence-corrected chi connectivity index (χ0v) is 9.36. The summed E-state index contributed by atoms with van der Waals surface area (Å²) in [6, 6.07) is 0.407. The van der Waals surface area contributed by atoms with Crippen molar-refractivity contribution in [2.24, 2.45) is 28.9 Å². The van der Waals surface area contributed by atoms with Gasteiger partial charge in [-0.15, -0.1) is 0 Å². The quantitative estimate of drug-likeness (QED) is 0.635. The topological polar surface area (TPSA) is 63.3 Å². The number of aliphatic hydroxyl groups excluding tert-OH is 1. The minimum absolute atomic E-state index is 0.0619. The van der Waals surface area contributed by atoms with Crippen molar-refractivity contribution >= 4 is 6.29 Å². The highest BCUT2D eigenvalue weighted by Gasteiger charge is 2.54. The van der Waals surface area contributed by atoms with Gasteiger partial charge in [-0.1, -0.05) is 0 Å². The summed E-state index contributed by atoms with van der Waals surface area (Å²) in [5.41, 5.74) is 6.23. The molecule has 2 atom stereocenters. The second-order valence-corrected chi connectivity index (χ2v) is 5.53. The van der Waals surface area contributed by atoms with E-state index in [1.54, 1.807) is 0 Å². The minimum atomic E-state index is 0.0619. The van der Waals surface area contributed by atoms with Gasteiger partial charge in [0.05, 0.1) is 0 Å². The molecule has 0 aromatic heterocycles. The molecule has 0 amide bonds. The van der Waals surface area contributed by atoms with Gasteiger partial charge in [-0.2, -0.15) is 0 Å². The summed E-state index contributed by atoms with van der Waals surface area (Å²) in [6.07, 6.45) is 7.18. The van der Waals surface area contributed by atoms with E-state index < -0.39 is 0 Å². The van der Waals surface area contributed by atoms with Gasteiger partial charge < -0.3 is 15.6 Å². The molecule has 3 N–H and O–H groups in total. The molecule has 0 radical (unpaired) electrons. The van der Waals surface area contributed by atoms with Crippen LogP contribution in [-0.4, -0.2) is 24.5 Å². The predicted octanol–water partition coefficient (Wildman–Crippen LogP) is 0.947. The standard InChI is InChI=1S/C11H17NO.CH4O/c12-10-8-1-7-2-9(10)5-11(3-7,4-8)6-13;1-2/h6-10H,1-5,12H2;2H,1H3. The van der Waals surface area contributed by atoms with Crippen LogP contribution in [0.25, 0.3) is 0 Å². The van der Waals surface area contributed by atoms with Crippen molar-refractivity contribution in [2.45, 2.75) is 38.1 Å². The minimum Gasteiger partial charge on any atom is -0.400 e. The summed E-state index contributed by atoms with van der Waals surface area (Å²) in [5, 5.41) is 7.00. The highest BCUT2D eigenvalue weighted by Crippen LogP contribution is 2.58. The summed E-state index contributed by atoms with van der Waals surface area (Å²) < 4.78 is 0. The molecule has 0 spiro atoms. The van der Waals surface area contributed by atoms with E-state index in [4.69, 9.17) is 10.8 Å². The molecule has 86 valence electrons. The van der Waals surface area contributed by atoms with Gasteiger partial charge in [0.2, 0.25) is 0 Å². The van der Waals surface area contributed by atoms with Crippen LogP contribution in [-0.2, 0) is 4.79 Å². The second kappa shape index (κ2) is 3.87. The number of rotatable bonds is 1. The molecule has 0 aliphatic heterocycles. The van der Waals surface area contributed by atoms with E-state index in [0.29, 0.717) is 17.9 Å². The van der Waals surface area contributed by atoms with Crippen LogP contribution in [0.4, 0.5) is 0 Å². The van der Waals surface area contributed by atoms with E-state index >= 15 is 0 Å². The van der Waals surface area contributed by atoms with Gasteiger partial charge in [0.15, 0.2) is 0 Å². The lowest BCUT2D eigenvalue weighted by molar-refractivity contribution is -0.132. The first-order chi connectivity index (χ1) is 7.22. The molecule has 0 aromatic rings. The summed E-state index contributed by atoms with van der Waals surface area (Å²) >= 11 is 0. The van der Waals surface area contributed by atoms with Crippen molar-refractivity contribution in [1.82, 2.24) is 0 Å². The molecule has 3 nitrogen and oxygen atoms in total. The van der Waals surface area contributed by atoms with Crippen molar-refractivity contribution < 1.29 is 9.90 Å². The summed E-state index contributed by atoms with van der Waals surface area (Å²) in [4.78, 5) is 11.1. The monoisotopic (exact) mass is 211 g/mol. The Morgan fingerprint density at radius 3 is 2.20 bits per heavy atom. The number of aliphatic hydroxyl groups is 1. The first-order valence-electron chi connectivity index (χ1n) is 5.89.